The van der Waals surface area contributed by atoms with Crippen LogP contribution in [-0.2, 0) is 4.74 Å². The van der Waals surface area contributed by atoms with Crippen LogP contribution in [0.15, 0.2) is 54.6 Å². The highest BCUT2D eigenvalue weighted by atomic mass is 16.5. The summed E-state index contributed by atoms with van der Waals surface area (Å²) in [5.74, 6) is 0. The van der Waals surface area contributed by atoms with Crippen molar-refractivity contribution in [2.45, 2.75) is 25.0 Å². The van der Waals surface area contributed by atoms with Gasteiger partial charge in [0.05, 0.1) is 6.10 Å². The van der Waals surface area contributed by atoms with E-state index in [1.54, 1.807) is 0 Å². The van der Waals surface area contributed by atoms with Crippen molar-refractivity contribution in [2.24, 2.45) is 0 Å². The summed E-state index contributed by atoms with van der Waals surface area (Å²) in [6.45, 7) is 0.768. The van der Waals surface area contributed by atoms with Crippen molar-refractivity contribution < 1.29 is 9.84 Å². The molecule has 2 atom stereocenters. The average molecular weight is 254 g/mol. The van der Waals surface area contributed by atoms with Crippen molar-refractivity contribution in [2.75, 3.05) is 6.61 Å². The van der Waals surface area contributed by atoms with Crippen LogP contribution in [0.4, 0.5) is 0 Å². The highest BCUT2D eigenvalue weighted by Crippen LogP contribution is 2.28. The summed E-state index contributed by atoms with van der Waals surface area (Å²) < 4.78 is 5.53. The Kier molecular flexibility index (Phi) is 3.62. The maximum Gasteiger partial charge on any atom is 0.105 e. The molecule has 1 saturated heterocycles. The topological polar surface area (TPSA) is 29.5 Å². The SMILES string of the molecule is O[C@@H](c1ccc(-c2ccccc2)cc1)[C@@H]1CCCO1. The van der Waals surface area contributed by atoms with Crippen LogP contribution in [0.25, 0.3) is 11.1 Å². The smallest absolute Gasteiger partial charge is 0.105 e. The molecule has 2 aromatic carbocycles. The molecule has 0 unspecified atom stereocenters. The molecular weight excluding hydrogens is 236 g/mol. The number of hydrogen-bond donors (Lipinski definition) is 1. The van der Waals surface area contributed by atoms with Gasteiger partial charge in [0.2, 0.25) is 0 Å². The zero-order valence-electron chi connectivity index (χ0n) is 10.8. The minimum atomic E-state index is -0.507. The van der Waals surface area contributed by atoms with Gasteiger partial charge in [-0.15, -0.1) is 0 Å². The zero-order chi connectivity index (χ0) is 13.1. The molecule has 0 saturated carbocycles. The lowest BCUT2D eigenvalue weighted by Gasteiger charge is -2.18. The molecule has 1 aliphatic heterocycles. The minimum Gasteiger partial charge on any atom is -0.386 e. The van der Waals surface area contributed by atoms with Gasteiger partial charge in [-0.3, -0.25) is 0 Å². The standard InChI is InChI=1S/C17H18O2/c18-17(16-7-4-12-19-16)15-10-8-14(9-11-15)13-5-2-1-3-6-13/h1-3,5-6,8-11,16-18H,4,7,12H2/t16-,17-/m0/s1. The predicted molar refractivity (Wildman–Crippen MR) is 75.8 cm³/mol. The van der Waals surface area contributed by atoms with E-state index in [2.05, 4.69) is 24.3 Å². The van der Waals surface area contributed by atoms with Gasteiger partial charge in [-0.2, -0.15) is 0 Å². The number of aliphatic hydroxyl groups is 1. The first kappa shape index (κ1) is 12.4. The monoisotopic (exact) mass is 254 g/mol. The molecule has 0 spiro atoms. The highest BCUT2D eigenvalue weighted by Gasteiger charge is 2.25. The van der Waals surface area contributed by atoms with Crippen molar-refractivity contribution in [3.63, 3.8) is 0 Å². The Morgan fingerprint density at radius 3 is 2.26 bits per heavy atom. The van der Waals surface area contributed by atoms with Gasteiger partial charge in [0.1, 0.15) is 6.10 Å². The maximum absolute atomic E-state index is 10.3. The third-order valence-corrected chi connectivity index (χ3v) is 3.68. The second-order valence-electron chi connectivity index (χ2n) is 4.98. The number of hydrogen-bond acceptors (Lipinski definition) is 2. The molecule has 2 nitrogen and oxygen atoms in total. The summed E-state index contributed by atoms with van der Waals surface area (Å²) in [6.07, 6.45) is 1.45. The van der Waals surface area contributed by atoms with Gasteiger partial charge in [-0.25, -0.2) is 0 Å². The Hall–Kier alpha value is -1.64. The Balaban J connectivity index is 1.79. The summed E-state index contributed by atoms with van der Waals surface area (Å²) in [5, 5.41) is 10.3. The molecule has 0 bridgehead atoms. The minimum absolute atomic E-state index is 0.0393. The summed E-state index contributed by atoms with van der Waals surface area (Å²) in [6, 6.07) is 18.4. The summed E-state index contributed by atoms with van der Waals surface area (Å²) in [5.41, 5.74) is 3.30. The van der Waals surface area contributed by atoms with E-state index in [-0.39, 0.29) is 6.10 Å². The molecule has 1 fully saturated rings. The second-order valence-corrected chi connectivity index (χ2v) is 4.98. The molecule has 0 radical (unpaired) electrons. The van der Waals surface area contributed by atoms with Crippen LogP contribution in [0.2, 0.25) is 0 Å². The molecule has 3 rings (SSSR count). The normalized spacial score (nSPS) is 20.4. The van der Waals surface area contributed by atoms with Gasteiger partial charge < -0.3 is 9.84 Å². The molecule has 98 valence electrons. The van der Waals surface area contributed by atoms with E-state index in [0.29, 0.717) is 0 Å². The van der Waals surface area contributed by atoms with Crippen LogP contribution >= 0.6 is 0 Å². The lowest BCUT2D eigenvalue weighted by molar-refractivity contribution is -0.00257. The molecule has 1 aliphatic rings. The lowest BCUT2D eigenvalue weighted by Crippen LogP contribution is -2.16. The van der Waals surface area contributed by atoms with E-state index in [4.69, 9.17) is 4.74 Å². The van der Waals surface area contributed by atoms with Crippen molar-refractivity contribution in [1.29, 1.82) is 0 Å². The Morgan fingerprint density at radius 1 is 0.947 bits per heavy atom. The molecule has 2 aromatic rings. The third-order valence-electron chi connectivity index (χ3n) is 3.68. The molecule has 0 aromatic heterocycles. The van der Waals surface area contributed by atoms with Gasteiger partial charge in [-0.1, -0.05) is 54.6 Å². The fourth-order valence-electron chi connectivity index (χ4n) is 2.57. The molecule has 2 heteroatoms. The molecule has 1 N–H and O–H groups in total. The van der Waals surface area contributed by atoms with Crippen LogP contribution in [0, 0.1) is 0 Å². The Morgan fingerprint density at radius 2 is 1.63 bits per heavy atom. The molecule has 19 heavy (non-hydrogen) atoms. The fraction of sp³-hybridized carbons (Fsp3) is 0.294. The van der Waals surface area contributed by atoms with Gasteiger partial charge in [0, 0.05) is 6.61 Å². The van der Waals surface area contributed by atoms with Crippen molar-refractivity contribution in [3.05, 3.63) is 60.2 Å². The second kappa shape index (κ2) is 5.55. The number of ether oxygens (including phenoxy) is 1. The summed E-state index contributed by atoms with van der Waals surface area (Å²) >= 11 is 0. The van der Waals surface area contributed by atoms with Crippen LogP contribution in [-0.4, -0.2) is 17.8 Å². The van der Waals surface area contributed by atoms with Gasteiger partial charge >= 0.3 is 0 Å². The molecule has 0 amide bonds. The first-order valence-corrected chi connectivity index (χ1v) is 6.79. The largest absolute Gasteiger partial charge is 0.386 e. The maximum atomic E-state index is 10.3. The van der Waals surface area contributed by atoms with Crippen LogP contribution in [0.3, 0.4) is 0 Å². The molecule has 0 aliphatic carbocycles. The predicted octanol–water partition coefficient (Wildman–Crippen LogP) is 3.57. The molecular formula is C17H18O2. The van der Waals surface area contributed by atoms with Crippen molar-refractivity contribution in [1.82, 2.24) is 0 Å². The number of rotatable bonds is 3. The quantitative estimate of drug-likeness (QED) is 0.907. The van der Waals surface area contributed by atoms with Crippen LogP contribution < -0.4 is 0 Å². The van der Waals surface area contributed by atoms with Gasteiger partial charge in [0.25, 0.3) is 0 Å². The Bertz CT molecular complexity index is 513. The van der Waals surface area contributed by atoms with Gasteiger partial charge in [0.15, 0.2) is 0 Å². The van der Waals surface area contributed by atoms with E-state index < -0.39 is 6.10 Å². The first-order chi connectivity index (χ1) is 9.34. The zero-order valence-corrected chi connectivity index (χ0v) is 10.8. The van der Waals surface area contributed by atoms with Crippen molar-refractivity contribution >= 4 is 0 Å². The number of aliphatic hydroxyl groups excluding tert-OH is 1. The average Bonchev–Trinajstić information content (AvgIpc) is 3.02. The van der Waals surface area contributed by atoms with E-state index in [9.17, 15) is 5.11 Å². The van der Waals surface area contributed by atoms with Crippen molar-refractivity contribution in [3.8, 4) is 11.1 Å². The molecule has 1 heterocycles. The van der Waals surface area contributed by atoms with E-state index >= 15 is 0 Å². The fourth-order valence-corrected chi connectivity index (χ4v) is 2.57. The van der Waals surface area contributed by atoms with E-state index in [1.165, 1.54) is 11.1 Å². The van der Waals surface area contributed by atoms with Gasteiger partial charge in [-0.05, 0) is 29.5 Å². The van der Waals surface area contributed by atoms with Crippen LogP contribution in [0.1, 0.15) is 24.5 Å². The highest BCUT2D eigenvalue weighted by molar-refractivity contribution is 5.63. The summed E-state index contributed by atoms with van der Waals surface area (Å²) in [7, 11) is 0. The van der Waals surface area contributed by atoms with E-state index in [0.717, 1.165) is 25.0 Å². The van der Waals surface area contributed by atoms with Crippen LogP contribution in [0.5, 0.6) is 0 Å². The lowest BCUT2D eigenvalue weighted by atomic mass is 9.98. The third kappa shape index (κ3) is 2.70. The number of benzene rings is 2. The first-order valence-electron chi connectivity index (χ1n) is 6.79. The van der Waals surface area contributed by atoms with E-state index in [1.807, 2.05) is 30.3 Å². The Labute approximate surface area is 113 Å². The summed E-state index contributed by atoms with van der Waals surface area (Å²) in [4.78, 5) is 0.